The van der Waals surface area contributed by atoms with E-state index in [0.29, 0.717) is 11.3 Å². The Morgan fingerprint density at radius 2 is 1.93 bits per heavy atom. The molecule has 2 aromatic rings. The third kappa shape index (κ3) is 3.67. The van der Waals surface area contributed by atoms with Crippen LogP contribution in [0.15, 0.2) is 59.0 Å². The number of amides is 2. The lowest BCUT2D eigenvalue weighted by Gasteiger charge is -2.27. The lowest BCUT2D eigenvalue weighted by Crippen LogP contribution is -2.53. The van der Waals surface area contributed by atoms with E-state index in [4.69, 9.17) is 16.6 Å². The zero-order valence-electron chi connectivity index (χ0n) is 13.9. The molecule has 27 heavy (non-hydrogen) atoms. The molecule has 1 fully saturated rings. The molecule has 1 aromatic heterocycles. The maximum Gasteiger partial charge on any atom is 0.269 e. The number of carbonyl (C=O) groups excluding carboxylic acids is 2. The topological polar surface area (TPSA) is 106 Å². The Kier molecular flexibility index (Phi) is 4.95. The molecule has 0 saturated carbocycles. The molecule has 0 atom stereocenters. The van der Waals surface area contributed by atoms with Gasteiger partial charge in [0.1, 0.15) is 17.1 Å². The van der Waals surface area contributed by atoms with Gasteiger partial charge in [0.2, 0.25) is 0 Å². The molecule has 8 nitrogen and oxygen atoms in total. The normalized spacial score (nSPS) is 15.8. The molecule has 1 aliphatic rings. The van der Waals surface area contributed by atoms with Gasteiger partial charge in [-0.05, 0) is 42.6 Å². The fraction of sp³-hybridized carbons (Fsp3) is 0.0556. The summed E-state index contributed by atoms with van der Waals surface area (Å²) in [7, 11) is 0. The first-order valence-corrected chi connectivity index (χ1v) is 8.16. The number of furan rings is 1. The number of non-ortho nitro benzene ring substituents is 1. The van der Waals surface area contributed by atoms with Gasteiger partial charge >= 0.3 is 0 Å². The second kappa shape index (κ2) is 7.34. The number of carbonyl (C=O) groups is 2. The number of rotatable bonds is 5. The van der Waals surface area contributed by atoms with Crippen molar-refractivity contribution >= 4 is 40.9 Å². The van der Waals surface area contributed by atoms with Crippen LogP contribution in [0, 0.1) is 10.1 Å². The van der Waals surface area contributed by atoms with Crippen LogP contribution < -0.4 is 5.32 Å². The number of nitro benzene ring substituents is 1. The molecule has 1 N–H and O–H groups in total. The molecule has 1 saturated heterocycles. The van der Waals surface area contributed by atoms with Gasteiger partial charge in [-0.3, -0.25) is 29.9 Å². The van der Waals surface area contributed by atoms with E-state index in [-0.39, 0.29) is 28.7 Å². The molecule has 1 aromatic carbocycles. The van der Waals surface area contributed by atoms with Crippen LogP contribution >= 0.6 is 12.2 Å². The zero-order valence-corrected chi connectivity index (χ0v) is 14.7. The Morgan fingerprint density at radius 3 is 2.56 bits per heavy atom. The SMILES string of the molecule is C=CCN1C(=O)/C(=C/c2ccc(-c3ccc([N+](=O)[O-])cc3)o2)C(=O)NC1=S. The number of nitro groups is 1. The van der Waals surface area contributed by atoms with E-state index in [0.717, 1.165) is 0 Å². The van der Waals surface area contributed by atoms with Gasteiger partial charge in [0.15, 0.2) is 5.11 Å². The highest BCUT2D eigenvalue weighted by molar-refractivity contribution is 7.80. The highest BCUT2D eigenvalue weighted by atomic mass is 32.1. The Balaban J connectivity index is 1.88. The lowest BCUT2D eigenvalue weighted by atomic mass is 10.1. The molecule has 3 rings (SSSR count). The largest absolute Gasteiger partial charge is 0.457 e. The summed E-state index contributed by atoms with van der Waals surface area (Å²) in [6, 6.07) is 9.07. The van der Waals surface area contributed by atoms with Crippen molar-refractivity contribution in [1.29, 1.82) is 0 Å². The van der Waals surface area contributed by atoms with Crippen molar-refractivity contribution in [1.82, 2.24) is 10.2 Å². The van der Waals surface area contributed by atoms with Crippen molar-refractivity contribution in [2.75, 3.05) is 6.54 Å². The van der Waals surface area contributed by atoms with Gasteiger partial charge in [-0.2, -0.15) is 0 Å². The highest BCUT2D eigenvalue weighted by Gasteiger charge is 2.32. The van der Waals surface area contributed by atoms with Crippen molar-refractivity contribution in [2.24, 2.45) is 0 Å². The molecule has 0 aliphatic carbocycles. The fourth-order valence-corrected chi connectivity index (χ4v) is 2.71. The summed E-state index contributed by atoms with van der Waals surface area (Å²) in [6.07, 6.45) is 2.82. The van der Waals surface area contributed by atoms with Gasteiger partial charge in [-0.1, -0.05) is 6.08 Å². The van der Waals surface area contributed by atoms with Gasteiger partial charge in [-0.15, -0.1) is 6.58 Å². The fourth-order valence-electron chi connectivity index (χ4n) is 2.46. The van der Waals surface area contributed by atoms with E-state index >= 15 is 0 Å². The lowest BCUT2D eigenvalue weighted by molar-refractivity contribution is -0.384. The molecule has 1 aliphatic heterocycles. The predicted octanol–water partition coefficient (Wildman–Crippen LogP) is 2.67. The Bertz CT molecular complexity index is 991. The third-order valence-electron chi connectivity index (χ3n) is 3.77. The molecule has 2 heterocycles. The number of benzene rings is 1. The predicted molar refractivity (Wildman–Crippen MR) is 101 cm³/mol. The smallest absolute Gasteiger partial charge is 0.269 e. The van der Waals surface area contributed by atoms with E-state index in [1.54, 1.807) is 24.3 Å². The summed E-state index contributed by atoms with van der Waals surface area (Å²) in [6.45, 7) is 3.73. The maximum atomic E-state index is 12.5. The summed E-state index contributed by atoms with van der Waals surface area (Å²) in [5, 5.41) is 13.2. The summed E-state index contributed by atoms with van der Waals surface area (Å²) < 4.78 is 5.64. The van der Waals surface area contributed by atoms with E-state index in [1.165, 1.54) is 29.2 Å². The van der Waals surface area contributed by atoms with E-state index in [9.17, 15) is 19.7 Å². The highest BCUT2D eigenvalue weighted by Crippen LogP contribution is 2.26. The molecule has 0 spiro atoms. The van der Waals surface area contributed by atoms with Gasteiger partial charge in [-0.25, -0.2) is 0 Å². The molecule has 9 heteroatoms. The first-order valence-electron chi connectivity index (χ1n) is 7.75. The average molecular weight is 383 g/mol. The first-order chi connectivity index (χ1) is 12.9. The second-order valence-electron chi connectivity index (χ2n) is 5.53. The molecule has 136 valence electrons. The van der Waals surface area contributed by atoms with Crippen LogP contribution in [0.5, 0.6) is 0 Å². The Morgan fingerprint density at radius 1 is 1.22 bits per heavy atom. The molecular weight excluding hydrogens is 370 g/mol. The molecule has 0 radical (unpaired) electrons. The van der Waals surface area contributed by atoms with Gasteiger partial charge in [0.05, 0.1) is 4.92 Å². The molecule has 2 amide bonds. The summed E-state index contributed by atoms with van der Waals surface area (Å²) in [5.41, 5.74) is 0.476. The van der Waals surface area contributed by atoms with Crippen LogP contribution in [0.1, 0.15) is 5.76 Å². The summed E-state index contributed by atoms with van der Waals surface area (Å²) >= 11 is 4.99. The van der Waals surface area contributed by atoms with E-state index in [1.807, 2.05) is 0 Å². The van der Waals surface area contributed by atoms with Crippen LogP contribution in [0.4, 0.5) is 5.69 Å². The van der Waals surface area contributed by atoms with Crippen LogP contribution in [0.2, 0.25) is 0 Å². The first kappa shape index (κ1) is 18.2. The molecule has 0 unspecified atom stereocenters. The number of hydrogen-bond donors (Lipinski definition) is 1. The third-order valence-corrected chi connectivity index (χ3v) is 4.10. The minimum atomic E-state index is -0.612. The zero-order chi connectivity index (χ0) is 19.6. The van der Waals surface area contributed by atoms with Crippen molar-refractivity contribution in [3.05, 3.63) is 70.5 Å². The van der Waals surface area contributed by atoms with Crippen LogP contribution in [0.25, 0.3) is 17.4 Å². The second-order valence-corrected chi connectivity index (χ2v) is 5.91. The van der Waals surface area contributed by atoms with Crippen molar-refractivity contribution < 1.29 is 18.9 Å². The minimum Gasteiger partial charge on any atom is -0.457 e. The van der Waals surface area contributed by atoms with Crippen LogP contribution in [0.3, 0.4) is 0 Å². The minimum absolute atomic E-state index is 0.0214. The monoisotopic (exact) mass is 383 g/mol. The van der Waals surface area contributed by atoms with E-state index in [2.05, 4.69) is 11.9 Å². The number of hydrogen-bond acceptors (Lipinski definition) is 6. The van der Waals surface area contributed by atoms with Crippen molar-refractivity contribution in [3.8, 4) is 11.3 Å². The number of nitrogens with zero attached hydrogens (tertiary/aromatic N) is 2. The van der Waals surface area contributed by atoms with Gasteiger partial charge in [0, 0.05) is 24.2 Å². The average Bonchev–Trinajstić information content (AvgIpc) is 3.11. The van der Waals surface area contributed by atoms with Crippen molar-refractivity contribution in [3.63, 3.8) is 0 Å². The number of thiocarbonyl (C=S) groups is 1. The van der Waals surface area contributed by atoms with Crippen LogP contribution in [-0.4, -0.2) is 33.3 Å². The number of nitrogens with one attached hydrogen (secondary N) is 1. The van der Waals surface area contributed by atoms with Gasteiger partial charge in [0.25, 0.3) is 17.5 Å². The van der Waals surface area contributed by atoms with E-state index < -0.39 is 16.7 Å². The Labute approximate surface area is 158 Å². The molecular formula is C18H13N3O5S. The van der Waals surface area contributed by atoms with Crippen molar-refractivity contribution in [2.45, 2.75) is 0 Å². The summed E-state index contributed by atoms with van der Waals surface area (Å²) in [5.74, 6) is -0.428. The quantitative estimate of drug-likeness (QED) is 0.212. The van der Waals surface area contributed by atoms with Gasteiger partial charge < -0.3 is 4.42 Å². The summed E-state index contributed by atoms with van der Waals surface area (Å²) in [4.78, 5) is 36.0. The Hall–Kier alpha value is -3.59. The maximum absolute atomic E-state index is 12.5. The van der Waals surface area contributed by atoms with Crippen LogP contribution in [-0.2, 0) is 9.59 Å². The molecule has 0 bridgehead atoms. The standard InChI is InChI=1S/C18H13N3O5S/c1-2-9-20-17(23)14(16(22)19-18(20)27)10-13-7-8-15(26-13)11-3-5-12(6-4-11)21(24)25/h2-8,10H,1,9H2,(H,19,22,27)/b14-10+.